The fourth-order valence-corrected chi connectivity index (χ4v) is 3.80. The van der Waals surface area contributed by atoms with Gasteiger partial charge in [0, 0.05) is 11.6 Å². The van der Waals surface area contributed by atoms with Crippen LogP contribution in [0.2, 0.25) is 0 Å². The lowest BCUT2D eigenvalue weighted by Crippen LogP contribution is -2.18. The second-order valence-corrected chi connectivity index (χ2v) is 7.15. The number of carbonyl (C=O) groups is 1. The number of carbonyl (C=O) groups excluding carboxylic acids is 1. The maximum atomic E-state index is 13.1. The van der Waals surface area contributed by atoms with Gasteiger partial charge in [-0.15, -0.1) is 0 Å². The van der Waals surface area contributed by atoms with Gasteiger partial charge in [0.25, 0.3) is 0 Å². The predicted molar refractivity (Wildman–Crippen MR) is 106 cm³/mol. The van der Waals surface area contributed by atoms with Crippen LogP contribution < -0.4 is 0 Å². The summed E-state index contributed by atoms with van der Waals surface area (Å²) in [6.07, 6.45) is 0. The van der Waals surface area contributed by atoms with Crippen LogP contribution in [0.4, 0.5) is 0 Å². The van der Waals surface area contributed by atoms with Gasteiger partial charge in [-0.1, -0.05) is 84.9 Å². The lowest BCUT2D eigenvalue weighted by Gasteiger charge is -2.08. The van der Waals surface area contributed by atoms with Gasteiger partial charge in [0.05, 0.1) is 12.1 Å². The highest BCUT2D eigenvalue weighted by molar-refractivity contribution is 6.03. The van der Waals surface area contributed by atoms with E-state index in [0.29, 0.717) is 6.04 Å². The lowest BCUT2D eigenvalue weighted by atomic mass is 9.99. The molecule has 0 spiro atoms. The summed E-state index contributed by atoms with van der Waals surface area (Å²) < 4.78 is 0. The van der Waals surface area contributed by atoms with Crippen molar-refractivity contribution in [2.45, 2.75) is 32.0 Å². The molecule has 130 valence electrons. The Morgan fingerprint density at radius 3 is 1.88 bits per heavy atom. The summed E-state index contributed by atoms with van der Waals surface area (Å²) in [5.41, 5.74) is 4.32. The van der Waals surface area contributed by atoms with Gasteiger partial charge in [0.1, 0.15) is 0 Å². The Morgan fingerprint density at radius 2 is 1.31 bits per heavy atom. The van der Waals surface area contributed by atoms with E-state index < -0.39 is 0 Å². The van der Waals surface area contributed by atoms with Gasteiger partial charge in [-0.2, -0.15) is 0 Å². The van der Waals surface area contributed by atoms with Gasteiger partial charge in [-0.3, -0.25) is 9.69 Å². The van der Waals surface area contributed by atoms with Crippen molar-refractivity contribution in [2.75, 3.05) is 0 Å². The van der Waals surface area contributed by atoms with E-state index in [1.807, 2.05) is 60.7 Å². The molecule has 1 heterocycles. The number of nitrogens with zero attached hydrogens (tertiary/aromatic N) is 1. The zero-order valence-corrected chi connectivity index (χ0v) is 15.2. The highest BCUT2D eigenvalue weighted by atomic mass is 16.1. The summed E-state index contributed by atoms with van der Waals surface area (Å²) in [5.74, 6) is 0.215. The Morgan fingerprint density at radius 1 is 0.769 bits per heavy atom. The number of benzene rings is 3. The molecule has 0 amide bonds. The number of rotatable bonds is 5. The minimum absolute atomic E-state index is 0.0556. The molecule has 3 unspecified atom stereocenters. The quantitative estimate of drug-likeness (QED) is 0.459. The van der Waals surface area contributed by atoms with Gasteiger partial charge < -0.3 is 0 Å². The Balaban J connectivity index is 1.57. The van der Waals surface area contributed by atoms with Gasteiger partial charge in [0.15, 0.2) is 5.78 Å². The van der Waals surface area contributed by atoms with Crippen molar-refractivity contribution in [1.82, 2.24) is 4.90 Å². The second kappa shape index (κ2) is 6.89. The first kappa shape index (κ1) is 16.7. The van der Waals surface area contributed by atoms with Crippen molar-refractivity contribution in [3.05, 3.63) is 96.1 Å². The van der Waals surface area contributed by atoms with E-state index in [-0.39, 0.29) is 17.9 Å². The van der Waals surface area contributed by atoms with Crippen molar-refractivity contribution >= 4 is 5.78 Å². The zero-order chi connectivity index (χ0) is 18.1. The van der Waals surface area contributed by atoms with E-state index in [0.717, 1.165) is 11.1 Å². The van der Waals surface area contributed by atoms with Gasteiger partial charge in [-0.05, 0) is 30.5 Å². The van der Waals surface area contributed by atoms with E-state index in [2.05, 4.69) is 43.0 Å². The average Bonchev–Trinajstić information content (AvgIpc) is 3.45. The molecule has 3 atom stereocenters. The second-order valence-electron chi connectivity index (χ2n) is 7.15. The Kier molecular flexibility index (Phi) is 4.44. The molecule has 1 aliphatic heterocycles. The Bertz CT molecular complexity index is 885. The zero-order valence-electron chi connectivity index (χ0n) is 15.2. The molecule has 2 nitrogen and oxygen atoms in total. The molecular formula is C24H23NO. The molecule has 26 heavy (non-hydrogen) atoms. The van der Waals surface area contributed by atoms with E-state index >= 15 is 0 Å². The van der Waals surface area contributed by atoms with Gasteiger partial charge in [0.2, 0.25) is 0 Å². The molecule has 3 aromatic carbocycles. The fourth-order valence-electron chi connectivity index (χ4n) is 3.80. The van der Waals surface area contributed by atoms with Crippen LogP contribution in [-0.2, 0) is 0 Å². The normalized spacial score (nSPS) is 21.6. The summed E-state index contributed by atoms with van der Waals surface area (Å²) in [6.45, 7) is 4.31. The minimum Gasteiger partial charge on any atom is -0.292 e. The van der Waals surface area contributed by atoms with Crippen LogP contribution in [0.25, 0.3) is 11.1 Å². The van der Waals surface area contributed by atoms with Crippen LogP contribution in [0, 0.1) is 0 Å². The minimum atomic E-state index is -0.0556. The summed E-state index contributed by atoms with van der Waals surface area (Å²) in [4.78, 5) is 15.4. The molecule has 0 aliphatic carbocycles. The number of ketones is 1. The molecule has 1 saturated heterocycles. The molecule has 1 fully saturated rings. The fraction of sp³-hybridized carbons (Fsp3) is 0.208. The number of hydrogen-bond acceptors (Lipinski definition) is 2. The molecule has 0 radical (unpaired) electrons. The molecule has 2 heteroatoms. The largest absolute Gasteiger partial charge is 0.292 e. The smallest absolute Gasteiger partial charge is 0.181 e. The van der Waals surface area contributed by atoms with Crippen LogP contribution in [0.5, 0.6) is 0 Å². The van der Waals surface area contributed by atoms with Crippen molar-refractivity contribution < 1.29 is 4.79 Å². The van der Waals surface area contributed by atoms with Crippen LogP contribution in [-0.4, -0.2) is 22.8 Å². The highest BCUT2D eigenvalue weighted by Gasteiger charge is 2.54. The molecule has 0 saturated carbocycles. The summed E-state index contributed by atoms with van der Waals surface area (Å²) in [6, 6.07) is 29.1. The molecular weight excluding hydrogens is 318 g/mol. The molecule has 0 bridgehead atoms. The highest BCUT2D eigenvalue weighted by Crippen LogP contribution is 2.46. The number of hydrogen-bond donors (Lipinski definition) is 0. The van der Waals surface area contributed by atoms with Crippen molar-refractivity contribution in [3.8, 4) is 11.1 Å². The first-order valence-corrected chi connectivity index (χ1v) is 9.19. The van der Waals surface area contributed by atoms with Crippen molar-refractivity contribution in [2.24, 2.45) is 0 Å². The van der Waals surface area contributed by atoms with Crippen molar-refractivity contribution in [1.29, 1.82) is 0 Å². The topological polar surface area (TPSA) is 20.1 Å². The molecule has 3 aromatic rings. The SMILES string of the molecule is CC(C)N1C(C(=O)c2ccc(-c3ccccc3)cc2)C1c1ccccc1. The van der Waals surface area contributed by atoms with Crippen molar-refractivity contribution in [3.63, 3.8) is 0 Å². The standard InChI is InChI=1S/C24H23NO/c1-17(2)25-22(20-11-7-4-8-12-20)23(25)24(26)21-15-13-19(14-16-21)18-9-5-3-6-10-18/h3-17,22-23H,1-2H3. The monoisotopic (exact) mass is 341 g/mol. The third-order valence-electron chi connectivity index (χ3n) is 5.13. The van der Waals surface area contributed by atoms with Crippen LogP contribution >= 0.6 is 0 Å². The summed E-state index contributed by atoms with van der Waals surface area (Å²) in [7, 11) is 0. The number of Topliss-reactive ketones (excluding diaryl/α,β-unsaturated/α-hetero) is 1. The van der Waals surface area contributed by atoms with E-state index in [1.54, 1.807) is 0 Å². The van der Waals surface area contributed by atoms with Crippen LogP contribution in [0.15, 0.2) is 84.9 Å². The Labute approximate surface area is 155 Å². The van der Waals surface area contributed by atoms with E-state index in [1.165, 1.54) is 11.1 Å². The van der Waals surface area contributed by atoms with E-state index in [9.17, 15) is 4.79 Å². The Hall–Kier alpha value is -2.71. The maximum Gasteiger partial charge on any atom is 0.181 e. The van der Waals surface area contributed by atoms with E-state index in [4.69, 9.17) is 0 Å². The summed E-state index contributed by atoms with van der Waals surface area (Å²) in [5, 5.41) is 0. The van der Waals surface area contributed by atoms with Gasteiger partial charge >= 0.3 is 0 Å². The first-order chi connectivity index (χ1) is 12.7. The summed E-state index contributed by atoms with van der Waals surface area (Å²) >= 11 is 0. The molecule has 0 N–H and O–H groups in total. The first-order valence-electron chi connectivity index (χ1n) is 9.19. The average molecular weight is 341 g/mol. The van der Waals surface area contributed by atoms with Crippen LogP contribution in [0.3, 0.4) is 0 Å². The third kappa shape index (κ3) is 3.09. The third-order valence-corrected chi connectivity index (χ3v) is 5.13. The molecule has 1 aliphatic rings. The lowest BCUT2D eigenvalue weighted by molar-refractivity contribution is 0.0969. The van der Waals surface area contributed by atoms with Gasteiger partial charge in [-0.25, -0.2) is 0 Å². The predicted octanol–water partition coefficient (Wildman–Crippen LogP) is 5.37. The maximum absolute atomic E-state index is 13.1. The molecule has 0 aromatic heterocycles. The van der Waals surface area contributed by atoms with Crippen LogP contribution in [0.1, 0.15) is 35.8 Å². The molecule has 4 rings (SSSR count).